The Morgan fingerprint density at radius 1 is 1.31 bits per heavy atom. The lowest BCUT2D eigenvalue weighted by Gasteiger charge is -2.01. The molecule has 0 fully saturated rings. The van der Waals surface area contributed by atoms with Gasteiger partial charge in [0.15, 0.2) is 0 Å². The molecule has 66 valence electrons. The number of hydrogen-bond acceptors (Lipinski definition) is 3. The average molecular weight is 195 g/mol. The number of aromatic hydroxyl groups is 1. The number of fused-ring (bicyclic) bond motifs is 1. The van der Waals surface area contributed by atoms with Crippen molar-refractivity contribution in [3.63, 3.8) is 0 Å². The molecule has 0 saturated heterocycles. The van der Waals surface area contributed by atoms with Crippen molar-refractivity contribution in [1.82, 2.24) is 9.97 Å². The summed E-state index contributed by atoms with van der Waals surface area (Å²) in [5, 5.41) is 10.3. The molecule has 0 unspecified atom stereocenters. The maximum Gasteiger partial charge on any atom is 0.223 e. The van der Waals surface area contributed by atoms with Gasteiger partial charge in [0.1, 0.15) is 5.75 Å². The third kappa shape index (κ3) is 1.42. The summed E-state index contributed by atoms with van der Waals surface area (Å²) in [7, 11) is 0. The van der Waals surface area contributed by atoms with E-state index in [1.807, 2.05) is 6.92 Å². The maximum atomic E-state index is 9.21. The van der Waals surface area contributed by atoms with Crippen molar-refractivity contribution >= 4 is 22.5 Å². The minimum absolute atomic E-state index is 0.182. The molecule has 0 amide bonds. The van der Waals surface area contributed by atoms with E-state index in [2.05, 4.69) is 9.97 Å². The number of halogens is 1. The molecule has 1 N–H and O–H groups in total. The number of phenols is 1. The Morgan fingerprint density at radius 3 is 2.85 bits per heavy atom. The fourth-order valence-electron chi connectivity index (χ4n) is 1.24. The van der Waals surface area contributed by atoms with Crippen molar-refractivity contribution in [1.29, 1.82) is 0 Å². The average Bonchev–Trinajstić information content (AvgIpc) is 2.02. The van der Waals surface area contributed by atoms with Crippen molar-refractivity contribution in [3.05, 3.63) is 29.2 Å². The van der Waals surface area contributed by atoms with E-state index in [1.165, 1.54) is 0 Å². The van der Waals surface area contributed by atoms with Gasteiger partial charge in [0, 0.05) is 11.5 Å². The summed E-state index contributed by atoms with van der Waals surface area (Å²) in [5.41, 5.74) is 1.48. The first-order valence-electron chi connectivity index (χ1n) is 3.80. The molecule has 0 aliphatic heterocycles. The molecule has 1 heterocycles. The molecule has 0 radical (unpaired) electrons. The van der Waals surface area contributed by atoms with E-state index >= 15 is 0 Å². The van der Waals surface area contributed by atoms with Gasteiger partial charge in [-0.3, -0.25) is 0 Å². The van der Waals surface area contributed by atoms with Crippen molar-refractivity contribution in [2.75, 3.05) is 0 Å². The minimum Gasteiger partial charge on any atom is -0.508 e. The first-order chi connectivity index (χ1) is 6.16. The molecule has 0 aliphatic rings. The second-order valence-corrected chi connectivity index (χ2v) is 3.12. The minimum atomic E-state index is 0.182. The highest BCUT2D eigenvalue weighted by Gasteiger charge is 2.02. The zero-order valence-corrected chi connectivity index (χ0v) is 7.71. The van der Waals surface area contributed by atoms with Gasteiger partial charge in [-0.1, -0.05) is 0 Å². The molecule has 4 heteroatoms. The van der Waals surface area contributed by atoms with Gasteiger partial charge in [-0.2, -0.15) is 0 Å². The highest BCUT2D eigenvalue weighted by molar-refractivity contribution is 6.28. The molecular weight excluding hydrogens is 188 g/mol. The number of hydrogen-bond donors (Lipinski definition) is 1. The molecular formula is C9H7ClN2O. The number of nitrogens with zero attached hydrogens (tertiary/aromatic N) is 2. The molecule has 0 aliphatic carbocycles. The van der Waals surface area contributed by atoms with Crippen molar-refractivity contribution in [2.45, 2.75) is 6.92 Å². The van der Waals surface area contributed by atoms with Crippen LogP contribution in [0.4, 0.5) is 0 Å². The fraction of sp³-hybridized carbons (Fsp3) is 0.111. The van der Waals surface area contributed by atoms with Crippen molar-refractivity contribution in [2.24, 2.45) is 0 Å². The number of aromatic nitrogens is 2. The van der Waals surface area contributed by atoms with Gasteiger partial charge < -0.3 is 5.11 Å². The van der Waals surface area contributed by atoms with Crippen LogP contribution in [0.25, 0.3) is 10.9 Å². The monoisotopic (exact) mass is 194 g/mol. The highest BCUT2D eigenvalue weighted by atomic mass is 35.5. The Morgan fingerprint density at radius 2 is 2.08 bits per heavy atom. The second kappa shape index (κ2) is 2.85. The third-order valence-electron chi connectivity index (χ3n) is 1.84. The number of rotatable bonds is 0. The highest BCUT2D eigenvalue weighted by Crippen LogP contribution is 2.21. The summed E-state index contributed by atoms with van der Waals surface area (Å²) < 4.78 is 0. The molecule has 1 aromatic heterocycles. The van der Waals surface area contributed by atoms with Gasteiger partial charge in [0.2, 0.25) is 5.28 Å². The van der Waals surface area contributed by atoms with Crippen molar-refractivity contribution < 1.29 is 5.11 Å². The number of phenolic OH excluding ortho intramolecular Hbond substituents is 1. The third-order valence-corrected chi connectivity index (χ3v) is 2.01. The first-order valence-corrected chi connectivity index (χ1v) is 4.17. The maximum absolute atomic E-state index is 9.21. The van der Waals surface area contributed by atoms with Gasteiger partial charge in [0.25, 0.3) is 0 Å². The number of aryl methyl sites for hydroxylation is 1. The van der Waals surface area contributed by atoms with E-state index in [4.69, 9.17) is 11.6 Å². The van der Waals surface area contributed by atoms with Gasteiger partial charge in [-0.25, -0.2) is 9.97 Å². The van der Waals surface area contributed by atoms with Gasteiger partial charge in [-0.05, 0) is 30.7 Å². The Bertz CT molecular complexity index is 465. The molecule has 0 bridgehead atoms. The molecule has 1 aromatic carbocycles. The van der Waals surface area contributed by atoms with Crippen LogP contribution >= 0.6 is 11.6 Å². The van der Waals surface area contributed by atoms with E-state index in [1.54, 1.807) is 18.2 Å². The molecule has 0 atom stereocenters. The predicted molar refractivity (Wildman–Crippen MR) is 50.9 cm³/mol. The van der Waals surface area contributed by atoms with E-state index in [9.17, 15) is 5.11 Å². The summed E-state index contributed by atoms with van der Waals surface area (Å²) in [6, 6.07) is 4.94. The zero-order chi connectivity index (χ0) is 9.42. The van der Waals surface area contributed by atoms with Crippen LogP contribution in [0.5, 0.6) is 5.75 Å². The quantitative estimate of drug-likeness (QED) is 0.655. The Hall–Kier alpha value is -1.35. The fourth-order valence-corrected chi connectivity index (χ4v) is 1.46. The van der Waals surface area contributed by atoms with Crippen LogP contribution in [0.15, 0.2) is 18.2 Å². The normalized spacial score (nSPS) is 10.6. The lowest BCUT2D eigenvalue weighted by Crippen LogP contribution is -1.89. The van der Waals surface area contributed by atoms with Crippen LogP contribution in [0.3, 0.4) is 0 Å². The summed E-state index contributed by atoms with van der Waals surface area (Å²) in [6.07, 6.45) is 0. The van der Waals surface area contributed by atoms with E-state index in [-0.39, 0.29) is 11.0 Å². The van der Waals surface area contributed by atoms with Gasteiger partial charge in [0.05, 0.1) is 11.2 Å². The van der Waals surface area contributed by atoms with Gasteiger partial charge >= 0.3 is 0 Å². The Labute approximate surface area is 80.0 Å². The van der Waals surface area contributed by atoms with Crippen LogP contribution < -0.4 is 0 Å². The second-order valence-electron chi connectivity index (χ2n) is 2.78. The standard InChI is InChI=1S/C9H7ClN2O/c1-5-7-3-2-6(13)4-8(7)12-9(10)11-5/h2-4,13H,1H3. The Kier molecular flexibility index (Phi) is 1.81. The zero-order valence-electron chi connectivity index (χ0n) is 6.95. The van der Waals surface area contributed by atoms with Crippen LogP contribution in [0, 0.1) is 6.92 Å². The van der Waals surface area contributed by atoms with E-state index in [0.29, 0.717) is 5.52 Å². The molecule has 2 rings (SSSR count). The first kappa shape index (κ1) is 8.26. The van der Waals surface area contributed by atoms with Crippen molar-refractivity contribution in [3.8, 4) is 5.75 Å². The van der Waals surface area contributed by atoms with Crippen LogP contribution in [-0.4, -0.2) is 15.1 Å². The molecule has 0 saturated carbocycles. The smallest absolute Gasteiger partial charge is 0.223 e. The van der Waals surface area contributed by atoms with E-state index < -0.39 is 0 Å². The van der Waals surface area contributed by atoms with E-state index in [0.717, 1.165) is 11.1 Å². The number of benzene rings is 1. The Balaban J connectivity index is 2.86. The molecule has 2 aromatic rings. The lowest BCUT2D eigenvalue weighted by atomic mass is 10.2. The molecule has 13 heavy (non-hydrogen) atoms. The topological polar surface area (TPSA) is 46.0 Å². The van der Waals surface area contributed by atoms with Crippen LogP contribution in [0.1, 0.15) is 5.69 Å². The van der Waals surface area contributed by atoms with Gasteiger partial charge in [-0.15, -0.1) is 0 Å². The molecule has 0 spiro atoms. The largest absolute Gasteiger partial charge is 0.508 e. The van der Waals surface area contributed by atoms with Crippen LogP contribution in [-0.2, 0) is 0 Å². The summed E-state index contributed by atoms with van der Waals surface area (Å²) in [4.78, 5) is 8.00. The SMILES string of the molecule is Cc1nc(Cl)nc2cc(O)ccc12. The lowest BCUT2D eigenvalue weighted by molar-refractivity contribution is 0.476. The summed E-state index contributed by atoms with van der Waals surface area (Å²) >= 11 is 5.67. The summed E-state index contributed by atoms with van der Waals surface area (Å²) in [5.74, 6) is 0.182. The van der Waals surface area contributed by atoms with Crippen LogP contribution in [0.2, 0.25) is 5.28 Å². The molecule has 3 nitrogen and oxygen atoms in total. The predicted octanol–water partition coefficient (Wildman–Crippen LogP) is 2.30. The summed E-state index contributed by atoms with van der Waals surface area (Å²) in [6.45, 7) is 1.85.